The number of carbonyl (C=O) groups excluding carboxylic acids is 4. The third-order valence-electron chi connectivity index (χ3n) is 5.37. The minimum atomic E-state index is -0.852. The lowest BCUT2D eigenvalue weighted by Crippen LogP contribution is -2.56. The lowest BCUT2D eigenvalue weighted by atomic mass is 9.86. The zero-order valence-corrected chi connectivity index (χ0v) is 17.3. The number of carbonyl (C=O) groups is 4. The Bertz CT molecular complexity index is 1010. The van der Waals surface area contributed by atoms with Gasteiger partial charge in [-0.25, -0.2) is 9.59 Å². The first kappa shape index (κ1) is 20.1. The van der Waals surface area contributed by atoms with Crippen molar-refractivity contribution in [2.75, 3.05) is 25.0 Å². The van der Waals surface area contributed by atoms with Gasteiger partial charge in [0, 0.05) is 42.6 Å². The van der Waals surface area contributed by atoms with Crippen LogP contribution in [0.5, 0.6) is 0 Å². The molecule has 2 aliphatic heterocycles. The summed E-state index contributed by atoms with van der Waals surface area (Å²) in [5, 5.41) is 8.88. The summed E-state index contributed by atoms with van der Waals surface area (Å²) < 4.78 is 6.31. The minimum Gasteiger partial charge on any atom is -0.442 e. The van der Waals surface area contributed by atoms with E-state index in [-0.39, 0.29) is 24.3 Å². The van der Waals surface area contributed by atoms with Crippen LogP contribution in [0.1, 0.15) is 36.5 Å². The third kappa shape index (κ3) is 3.82. The van der Waals surface area contributed by atoms with Crippen molar-refractivity contribution < 1.29 is 23.9 Å². The van der Waals surface area contributed by atoms with Gasteiger partial charge in [0.05, 0.1) is 12.0 Å². The smallest absolute Gasteiger partial charge is 0.414 e. The van der Waals surface area contributed by atoms with Crippen molar-refractivity contribution >= 4 is 50.4 Å². The second-order valence-electron chi connectivity index (χ2n) is 7.38. The SMILES string of the molecule is CCNC(=O)Nc1sc2ccccc2c1C(=O)N1CCC2(CC1)CC(=O)NC(=O)O2. The van der Waals surface area contributed by atoms with Crippen LogP contribution in [-0.2, 0) is 9.53 Å². The van der Waals surface area contributed by atoms with Gasteiger partial charge in [-0.1, -0.05) is 18.2 Å². The summed E-state index contributed by atoms with van der Waals surface area (Å²) in [4.78, 5) is 50.5. The summed E-state index contributed by atoms with van der Waals surface area (Å²) in [6.45, 7) is 2.99. The van der Waals surface area contributed by atoms with E-state index in [9.17, 15) is 19.2 Å². The number of hydrogen-bond acceptors (Lipinski definition) is 6. The number of anilines is 1. The Labute approximate surface area is 176 Å². The van der Waals surface area contributed by atoms with Crippen LogP contribution in [0.2, 0.25) is 0 Å². The topological polar surface area (TPSA) is 117 Å². The van der Waals surface area contributed by atoms with E-state index < -0.39 is 11.7 Å². The van der Waals surface area contributed by atoms with Crippen molar-refractivity contribution in [3.63, 3.8) is 0 Å². The number of piperidine rings is 1. The van der Waals surface area contributed by atoms with Gasteiger partial charge >= 0.3 is 12.1 Å². The van der Waals surface area contributed by atoms with Crippen LogP contribution < -0.4 is 16.0 Å². The summed E-state index contributed by atoms with van der Waals surface area (Å²) in [6, 6.07) is 7.14. The van der Waals surface area contributed by atoms with Crippen molar-refractivity contribution in [3.8, 4) is 0 Å². The van der Waals surface area contributed by atoms with Gasteiger partial charge in [0.1, 0.15) is 10.6 Å². The molecule has 0 saturated carbocycles. The molecule has 5 amide bonds. The fraction of sp³-hybridized carbons (Fsp3) is 0.400. The molecule has 30 heavy (non-hydrogen) atoms. The molecular formula is C20H22N4O5S. The highest BCUT2D eigenvalue weighted by atomic mass is 32.1. The van der Waals surface area contributed by atoms with Crippen LogP contribution in [0.25, 0.3) is 10.1 Å². The first-order valence-corrected chi connectivity index (χ1v) is 10.6. The number of ether oxygens (including phenoxy) is 1. The Kier molecular flexibility index (Phi) is 5.33. The van der Waals surface area contributed by atoms with Crippen LogP contribution in [0.15, 0.2) is 24.3 Å². The van der Waals surface area contributed by atoms with Crippen molar-refractivity contribution in [1.82, 2.24) is 15.5 Å². The van der Waals surface area contributed by atoms with E-state index in [2.05, 4.69) is 16.0 Å². The fourth-order valence-electron chi connectivity index (χ4n) is 3.92. The Hall–Kier alpha value is -3.14. The molecule has 0 atom stereocenters. The number of rotatable bonds is 3. The first-order valence-electron chi connectivity index (χ1n) is 9.79. The first-order chi connectivity index (χ1) is 14.4. The molecule has 2 saturated heterocycles. The molecule has 3 heterocycles. The van der Waals surface area contributed by atoms with E-state index >= 15 is 0 Å². The lowest BCUT2D eigenvalue weighted by Gasteiger charge is -2.42. The van der Waals surface area contributed by atoms with E-state index in [4.69, 9.17) is 4.74 Å². The largest absolute Gasteiger partial charge is 0.442 e. The maximum absolute atomic E-state index is 13.4. The molecule has 2 aromatic rings. The number of imide groups is 1. The van der Waals surface area contributed by atoms with Crippen LogP contribution in [-0.4, -0.2) is 54.1 Å². The molecule has 0 unspecified atom stereocenters. The molecule has 10 heteroatoms. The highest BCUT2D eigenvalue weighted by molar-refractivity contribution is 7.23. The van der Waals surface area contributed by atoms with Gasteiger partial charge < -0.3 is 15.0 Å². The van der Waals surface area contributed by atoms with Crippen LogP contribution >= 0.6 is 11.3 Å². The van der Waals surface area contributed by atoms with Gasteiger partial charge in [0.25, 0.3) is 5.91 Å². The highest BCUT2D eigenvalue weighted by Gasteiger charge is 2.44. The van der Waals surface area contributed by atoms with E-state index in [0.717, 1.165) is 10.1 Å². The number of urea groups is 1. The molecule has 0 radical (unpaired) electrons. The highest BCUT2D eigenvalue weighted by Crippen LogP contribution is 2.38. The molecule has 1 aromatic carbocycles. The van der Waals surface area contributed by atoms with Crippen LogP contribution in [0, 0.1) is 0 Å². The number of thiophene rings is 1. The molecule has 1 aromatic heterocycles. The minimum absolute atomic E-state index is 0.103. The number of nitrogens with zero attached hydrogens (tertiary/aromatic N) is 1. The number of hydrogen-bond donors (Lipinski definition) is 3. The second-order valence-corrected chi connectivity index (χ2v) is 8.43. The monoisotopic (exact) mass is 430 g/mol. The average Bonchev–Trinajstić information content (AvgIpc) is 3.05. The molecule has 9 nitrogen and oxygen atoms in total. The van der Waals surface area contributed by atoms with E-state index in [1.807, 2.05) is 31.2 Å². The van der Waals surface area contributed by atoms with Gasteiger partial charge in [-0.2, -0.15) is 0 Å². The normalized spacial score (nSPS) is 18.1. The molecule has 0 aliphatic carbocycles. The summed E-state index contributed by atoms with van der Waals surface area (Å²) >= 11 is 1.35. The Morgan fingerprint density at radius 1 is 1.23 bits per heavy atom. The number of benzene rings is 1. The molecule has 2 fully saturated rings. The molecule has 1 spiro atoms. The zero-order chi connectivity index (χ0) is 21.3. The Balaban J connectivity index is 1.57. The van der Waals surface area contributed by atoms with Crippen molar-refractivity contribution in [1.29, 1.82) is 0 Å². The van der Waals surface area contributed by atoms with E-state index in [0.29, 0.717) is 43.0 Å². The van der Waals surface area contributed by atoms with Crippen molar-refractivity contribution in [2.45, 2.75) is 31.8 Å². The number of alkyl carbamates (subject to hydrolysis) is 1. The fourth-order valence-corrected chi connectivity index (χ4v) is 5.01. The predicted molar refractivity (Wildman–Crippen MR) is 112 cm³/mol. The Morgan fingerprint density at radius 3 is 2.67 bits per heavy atom. The quantitative estimate of drug-likeness (QED) is 0.692. The molecule has 3 N–H and O–H groups in total. The number of likely N-dealkylation sites (tertiary alicyclic amines) is 1. The van der Waals surface area contributed by atoms with Gasteiger partial charge in [0.2, 0.25) is 5.91 Å². The van der Waals surface area contributed by atoms with E-state index in [1.165, 1.54) is 11.3 Å². The Morgan fingerprint density at radius 2 is 1.97 bits per heavy atom. The predicted octanol–water partition coefficient (Wildman–Crippen LogP) is 2.67. The second kappa shape index (κ2) is 7.94. The zero-order valence-electron chi connectivity index (χ0n) is 16.4. The van der Waals surface area contributed by atoms with E-state index in [1.54, 1.807) is 4.90 Å². The van der Waals surface area contributed by atoms with Crippen molar-refractivity contribution in [3.05, 3.63) is 29.8 Å². The average molecular weight is 430 g/mol. The maximum atomic E-state index is 13.4. The standard InChI is InChI=1S/C20H22N4O5S/c1-2-21-18(27)23-16-15(12-5-3-4-6-13(12)30-16)17(26)24-9-7-20(8-10-24)11-14(25)22-19(28)29-20/h3-6H,2,7-11H2,1H3,(H2,21,23,27)(H,22,25,28). The summed E-state index contributed by atoms with van der Waals surface area (Å²) in [5.74, 6) is -0.552. The number of fused-ring (bicyclic) bond motifs is 1. The molecule has 4 rings (SSSR count). The van der Waals surface area contributed by atoms with Crippen LogP contribution in [0.4, 0.5) is 14.6 Å². The van der Waals surface area contributed by atoms with Gasteiger partial charge in [-0.15, -0.1) is 11.3 Å². The van der Waals surface area contributed by atoms with Gasteiger partial charge in [-0.05, 0) is 13.0 Å². The summed E-state index contributed by atoms with van der Waals surface area (Å²) in [5.41, 5.74) is -0.397. The maximum Gasteiger partial charge on any atom is 0.414 e. The third-order valence-corrected chi connectivity index (χ3v) is 6.46. The molecular weight excluding hydrogens is 408 g/mol. The van der Waals surface area contributed by atoms with Crippen LogP contribution in [0.3, 0.4) is 0 Å². The number of nitrogens with one attached hydrogen (secondary N) is 3. The number of amides is 5. The molecule has 0 bridgehead atoms. The summed E-state index contributed by atoms with van der Waals surface area (Å²) in [6.07, 6.45) is 0.146. The summed E-state index contributed by atoms with van der Waals surface area (Å²) in [7, 11) is 0. The van der Waals surface area contributed by atoms with Gasteiger partial charge in [0.15, 0.2) is 0 Å². The lowest BCUT2D eigenvalue weighted by molar-refractivity contribution is -0.133. The molecule has 158 valence electrons. The molecule has 2 aliphatic rings. The van der Waals surface area contributed by atoms with Crippen molar-refractivity contribution in [2.24, 2.45) is 0 Å². The van der Waals surface area contributed by atoms with Gasteiger partial charge in [-0.3, -0.25) is 20.2 Å².